The zero-order valence-electron chi connectivity index (χ0n) is 7.13. The lowest BCUT2D eigenvalue weighted by Crippen LogP contribution is -2.49. The minimum atomic E-state index is -0.449. The molecule has 0 heterocycles. The number of hydrogen-bond donors (Lipinski definition) is 2. The molecule has 0 aromatic heterocycles. The first-order chi connectivity index (χ1) is 5.11. The van der Waals surface area contributed by atoms with E-state index in [0.29, 0.717) is 0 Å². The van der Waals surface area contributed by atoms with Crippen molar-refractivity contribution in [3.05, 3.63) is 0 Å². The Hall–Kier alpha value is -0.650. The number of hydrogen-bond acceptors (Lipinski definition) is 5. The van der Waals surface area contributed by atoms with Crippen molar-refractivity contribution in [1.82, 2.24) is 10.4 Å². The van der Waals surface area contributed by atoms with Crippen molar-refractivity contribution >= 4 is 5.97 Å². The Morgan fingerprint density at radius 3 is 2.55 bits per heavy atom. The van der Waals surface area contributed by atoms with Gasteiger partial charge in [-0.3, -0.25) is 4.79 Å². The van der Waals surface area contributed by atoms with E-state index < -0.39 is 6.04 Å². The standard InChI is InChI=1S/C6H15N3O2/c1-9(2)8-5(4-7)6(10)11-3/h5,8H,4,7H2,1-3H3. The Balaban J connectivity index is 3.84. The lowest BCUT2D eigenvalue weighted by molar-refractivity contribution is -0.144. The summed E-state index contributed by atoms with van der Waals surface area (Å²) in [7, 11) is 4.90. The van der Waals surface area contributed by atoms with Crippen LogP contribution in [0.5, 0.6) is 0 Å². The molecule has 0 rings (SSSR count). The molecule has 1 unspecified atom stereocenters. The summed E-state index contributed by atoms with van der Waals surface area (Å²) in [5, 5.41) is 1.66. The molecule has 11 heavy (non-hydrogen) atoms. The van der Waals surface area contributed by atoms with Gasteiger partial charge in [-0.1, -0.05) is 0 Å². The molecule has 0 aliphatic rings. The topological polar surface area (TPSA) is 67.6 Å². The number of esters is 1. The van der Waals surface area contributed by atoms with Gasteiger partial charge in [-0.15, -0.1) is 0 Å². The Kier molecular flexibility index (Phi) is 4.76. The van der Waals surface area contributed by atoms with Gasteiger partial charge < -0.3 is 10.5 Å². The number of nitrogens with two attached hydrogens (primary N) is 1. The molecule has 0 fully saturated rings. The van der Waals surface area contributed by atoms with Gasteiger partial charge in [0, 0.05) is 20.6 Å². The number of carbonyl (C=O) groups excluding carboxylic acids is 1. The summed E-state index contributed by atoms with van der Waals surface area (Å²) in [5.74, 6) is -0.346. The maximum absolute atomic E-state index is 10.9. The van der Waals surface area contributed by atoms with E-state index in [1.807, 2.05) is 0 Å². The van der Waals surface area contributed by atoms with Crippen LogP contribution >= 0.6 is 0 Å². The molecule has 5 heteroatoms. The second-order valence-corrected chi connectivity index (χ2v) is 2.33. The van der Waals surface area contributed by atoms with Gasteiger partial charge in [0.25, 0.3) is 0 Å². The quantitative estimate of drug-likeness (QED) is 0.390. The van der Waals surface area contributed by atoms with E-state index in [4.69, 9.17) is 5.73 Å². The van der Waals surface area contributed by atoms with E-state index in [1.165, 1.54) is 7.11 Å². The van der Waals surface area contributed by atoms with Crippen LogP contribution in [0.4, 0.5) is 0 Å². The summed E-state index contributed by atoms with van der Waals surface area (Å²) in [4.78, 5) is 10.9. The lowest BCUT2D eigenvalue weighted by Gasteiger charge is -2.18. The molecule has 0 aliphatic carbocycles. The van der Waals surface area contributed by atoms with Gasteiger partial charge in [-0.25, -0.2) is 10.4 Å². The van der Waals surface area contributed by atoms with Gasteiger partial charge in [-0.2, -0.15) is 0 Å². The summed E-state index contributed by atoms with van der Waals surface area (Å²) in [6.45, 7) is 0.227. The fourth-order valence-electron chi connectivity index (χ4n) is 0.656. The highest BCUT2D eigenvalue weighted by molar-refractivity contribution is 5.75. The highest BCUT2D eigenvalue weighted by Gasteiger charge is 2.16. The van der Waals surface area contributed by atoms with Gasteiger partial charge in [0.15, 0.2) is 0 Å². The minimum Gasteiger partial charge on any atom is -0.468 e. The van der Waals surface area contributed by atoms with Crippen molar-refractivity contribution in [2.24, 2.45) is 5.73 Å². The highest BCUT2D eigenvalue weighted by Crippen LogP contribution is 1.84. The molecule has 0 saturated heterocycles. The third-order valence-corrected chi connectivity index (χ3v) is 1.14. The van der Waals surface area contributed by atoms with Crippen molar-refractivity contribution in [2.45, 2.75) is 6.04 Å². The number of nitrogens with zero attached hydrogens (tertiary/aromatic N) is 1. The first kappa shape index (κ1) is 10.3. The summed E-state index contributed by atoms with van der Waals surface area (Å²) in [5.41, 5.74) is 8.12. The fraction of sp³-hybridized carbons (Fsp3) is 0.833. The molecule has 0 aliphatic heterocycles. The molecule has 0 bridgehead atoms. The molecule has 0 aromatic rings. The smallest absolute Gasteiger partial charge is 0.325 e. The summed E-state index contributed by atoms with van der Waals surface area (Å²) >= 11 is 0. The maximum atomic E-state index is 10.9. The van der Waals surface area contributed by atoms with E-state index in [2.05, 4.69) is 10.2 Å². The first-order valence-electron chi connectivity index (χ1n) is 3.33. The molecular formula is C6H15N3O2. The fourth-order valence-corrected chi connectivity index (χ4v) is 0.656. The molecule has 1 atom stereocenters. The molecule has 3 N–H and O–H groups in total. The van der Waals surface area contributed by atoms with Crippen molar-refractivity contribution < 1.29 is 9.53 Å². The minimum absolute atomic E-state index is 0.227. The van der Waals surface area contributed by atoms with Crippen molar-refractivity contribution in [3.8, 4) is 0 Å². The third-order valence-electron chi connectivity index (χ3n) is 1.14. The average Bonchev–Trinajstić information content (AvgIpc) is 1.98. The van der Waals surface area contributed by atoms with Gasteiger partial charge in [-0.05, 0) is 0 Å². The zero-order valence-corrected chi connectivity index (χ0v) is 7.13. The third kappa shape index (κ3) is 3.92. The van der Waals surface area contributed by atoms with Crippen LogP contribution in [0.15, 0.2) is 0 Å². The largest absolute Gasteiger partial charge is 0.468 e. The molecular weight excluding hydrogens is 146 g/mol. The van der Waals surface area contributed by atoms with E-state index in [0.717, 1.165) is 0 Å². The molecule has 0 radical (unpaired) electrons. The Morgan fingerprint density at radius 1 is 1.73 bits per heavy atom. The lowest BCUT2D eigenvalue weighted by atomic mass is 10.3. The second-order valence-electron chi connectivity index (χ2n) is 2.33. The van der Waals surface area contributed by atoms with Gasteiger partial charge >= 0.3 is 5.97 Å². The second kappa shape index (κ2) is 5.06. The van der Waals surface area contributed by atoms with E-state index in [-0.39, 0.29) is 12.5 Å². The van der Waals surface area contributed by atoms with Crippen LogP contribution in [0.1, 0.15) is 0 Å². The Labute approximate surface area is 66.5 Å². The monoisotopic (exact) mass is 161 g/mol. The van der Waals surface area contributed by atoms with Crippen LogP contribution in [0.3, 0.4) is 0 Å². The number of carbonyl (C=O) groups is 1. The van der Waals surface area contributed by atoms with Crippen LogP contribution in [0.2, 0.25) is 0 Å². The molecule has 5 nitrogen and oxygen atoms in total. The SMILES string of the molecule is COC(=O)C(CN)NN(C)C. The van der Waals surface area contributed by atoms with Gasteiger partial charge in [0.05, 0.1) is 7.11 Å². The Morgan fingerprint density at radius 2 is 2.27 bits per heavy atom. The molecule has 0 aromatic carbocycles. The van der Waals surface area contributed by atoms with E-state index in [1.54, 1.807) is 19.1 Å². The number of methoxy groups -OCH3 is 1. The number of nitrogens with one attached hydrogen (secondary N) is 1. The number of hydrazine groups is 1. The van der Waals surface area contributed by atoms with Crippen LogP contribution in [0, 0.1) is 0 Å². The molecule has 0 saturated carbocycles. The average molecular weight is 161 g/mol. The van der Waals surface area contributed by atoms with Crippen LogP contribution in [-0.2, 0) is 9.53 Å². The normalized spacial score (nSPS) is 13.2. The van der Waals surface area contributed by atoms with Crippen LogP contribution in [-0.4, -0.2) is 44.8 Å². The maximum Gasteiger partial charge on any atom is 0.325 e. The molecule has 0 amide bonds. The summed E-state index contributed by atoms with van der Waals surface area (Å²) in [6.07, 6.45) is 0. The zero-order chi connectivity index (χ0) is 8.85. The van der Waals surface area contributed by atoms with Crippen molar-refractivity contribution in [2.75, 3.05) is 27.7 Å². The highest BCUT2D eigenvalue weighted by atomic mass is 16.5. The first-order valence-corrected chi connectivity index (χ1v) is 3.33. The van der Waals surface area contributed by atoms with Gasteiger partial charge in [0.2, 0.25) is 0 Å². The number of rotatable bonds is 4. The number of ether oxygens (including phenoxy) is 1. The van der Waals surface area contributed by atoms with E-state index >= 15 is 0 Å². The Bertz CT molecular complexity index is 127. The molecule has 66 valence electrons. The van der Waals surface area contributed by atoms with Crippen LogP contribution < -0.4 is 11.2 Å². The van der Waals surface area contributed by atoms with E-state index in [9.17, 15) is 4.79 Å². The summed E-state index contributed by atoms with van der Waals surface area (Å²) < 4.78 is 4.50. The molecule has 0 spiro atoms. The van der Waals surface area contributed by atoms with Crippen molar-refractivity contribution in [3.63, 3.8) is 0 Å². The predicted molar refractivity (Wildman–Crippen MR) is 41.7 cm³/mol. The summed E-state index contributed by atoms with van der Waals surface area (Å²) in [6, 6.07) is -0.449. The van der Waals surface area contributed by atoms with Gasteiger partial charge in [0.1, 0.15) is 6.04 Å². The predicted octanol–water partition coefficient (Wildman–Crippen LogP) is -1.45. The van der Waals surface area contributed by atoms with Crippen molar-refractivity contribution in [1.29, 1.82) is 0 Å². The van der Waals surface area contributed by atoms with Crippen LogP contribution in [0.25, 0.3) is 0 Å².